The topological polar surface area (TPSA) is 72.7 Å². The average Bonchev–Trinajstić information content (AvgIpc) is 2.72. The van der Waals surface area contributed by atoms with Gasteiger partial charge in [0.2, 0.25) is 5.75 Å². The van der Waals surface area contributed by atoms with Gasteiger partial charge in [-0.1, -0.05) is 30.7 Å². The van der Waals surface area contributed by atoms with Gasteiger partial charge >= 0.3 is 5.69 Å². The standard InChI is InChI=1S/C24H27ClN2O4/c1-16-4-3-9-26(13-16)14-24(12-18-5-7-19(25)8-6-18)15-31-22-20(23(24)28)10-17(2)11-21(22)27(29)30/h5-8,10-11,16H,3-4,9,12-15H2,1-2H3/t16-,24+/m0/s1. The Bertz CT molecular complexity index is 1010. The summed E-state index contributed by atoms with van der Waals surface area (Å²) in [7, 11) is 0. The molecule has 0 radical (unpaired) electrons. The van der Waals surface area contributed by atoms with E-state index in [1.807, 2.05) is 24.3 Å². The molecule has 1 fully saturated rings. The van der Waals surface area contributed by atoms with Crippen LogP contribution in [0.25, 0.3) is 0 Å². The molecule has 7 heteroatoms. The molecule has 0 unspecified atom stereocenters. The van der Waals surface area contributed by atoms with Gasteiger partial charge in [0.1, 0.15) is 6.61 Å². The zero-order valence-electron chi connectivity index (χ0n) is 17.9. The van der Waals surface area contributed by atoms with Crippen LogP contribution in [0.5, 0.6) is 5.75 Å². The number of carbonyl (C=O) groups excluding carboxylic acids is 1. The number of nitrogens with zero attached hydrogens (tertiary/aromatic N) is 2. The van der Waals surface area contributed by atoms with Gasteiger partial charge in [0.15, 0.2) is 5.78 Å². The van der Waals surface area contributed by atoms with Gasteiger partial charge in [-0.3, -0.25) is 14.9 Å². The second-order valence-corrected chi connectivity index (χ2v) is 9.54. The molecular weight excluding hydrogens is 416 g/mol. The van der Waals surface area contributed by atoms with Crippen LogP contribution in [0.1, 0.15) is 41.3 Å². The molecule has 0 aromatic heterocycles. The van der Waals surface area contributed by atoms with E-state index < -0.39 is 10.3 Å². The molecule has 2 aliphatic rings. The second kappa shape index (κ2) is 8.60. The third kappa shape index (κ3) is 4.46. The molecule has 2 aliphatic heterocycles. The highest BCUT2D eigenvalue weighted by molar-refractivity contribution is 6.30. The molecule has 2 aromatic rings. The third-order valence-electron chi connectivity index (χ3n) is 6.35. The first-order valence-electron chi connectivity index (χ1n) is 10.7. The summed E-state index contributed by atoms with van der Waals surface area (Å²) in [5.41, 5.74) is 1.04. The van der Waals surface area contributed by atoms with E-state index in [2.05, 4.69) is 11.8 Å². The number of nitro groups is 1. The number of ether oxygens (including phenoxy) is 1. The quantitative estimate of drug-likeness (QED) is 0.476. The Hall–Kier alpha value is -2.44. The van der Waals surface area contributed by atoms with Crippen molar-refractivity contribution in [2.45, 2.75) is 33.1 Å². The Morgan fingerprint density at radius 3 is 2.71 bits per heavy atom. The molecule has 0 spiro atoms. The largest absolute Gasteiger partial charge is 0.485 e. The molecule has 2 atom stereocenters. The smallest absolute Gasteiger partial charge is 0.311 e. The van der Waals surface area contributed by atoms with Crippen molar-refractivity contribution in [1.82, 2.24) is 4.90 Å². The molecule has 0 aliphatic carbocycles. The summed E-state index contributed by atoms with van der Waals surface area (Å²) in [6.07, 6.45) is 2.79. The normalized spacial score (nSPS) is 23.8. The number of benzene rings is 2. The molecule has 6 nitrogen and oxygen atoms in total. The lowest BCUT2D eigenvalue weighted by Crippen LogP contribution is -2.52. The minimum Gasteiger partial charge on any atom is -0.485 e. The Morgan fingerprint density at radius 2 is 2.03 bits per heavy atom. The van der Waals surface area contributed by atoms with Crippen molar-refractivity contribution in [2.24, 2.45) is 11.3 Å². The van der Waals surface area contributed by atoms with Crippen LogP contribution in [0, 0.1) is 28.4 Å². The number of rotatable bonds is 5. The van der Waals surface area contributed by atoms with E-state index in [1.54, 1.807) is 13.0 Å². The predicted octanol–water partition coefficient (Wildman–Crippen LogP) is 5.09. The Labute approximate surface area is 187 Å². The molecule has 4 rings (SSSR count). The highest BCUT2D eigenvalue weighted by Crippen LogP contribution is 2.43. The van der Waals surface area contributed by atoms with Crippen LogP contribution in [0.3, 0.4) is 0 Å². The predicted molar refractivity (Wildman–Crippen MR) is 120 cm³/mol. The number of halogens is 1. The van der Waals surface area contributed by atoms with Gasteiger partial charge in [0, 0.05) is 24.2 Å². The maximum atomic E-state index is 13.9. The molecule has 2 heterocycles. The van der Waals surface area contributed by atoms with Crippen molar-refractivity contribution in [3.63, 3.8) is 0 Å². The van der Waals surface area contributed by atoms with Crippen molar-refractivity contribution in [3.05, 3.63) is 68.2 Å². The maximum Gasteiger partial charge on any atom is 0.311 e. The van der Waals surface area contributed by atoms with Crippen molar-refractivity contribution in [1.29, 1.82) is 0 Å². The number of hydrogen-bond donors (Lipinski definition) is 0. The maximum absolute atomic E-state index is 13.9. The van der Waals surface area contributed by atoms with E-state index in [0.717, 1.165) is 25.1 Å². The highest BCUT2D eigenvalue weighted by Gasteiger charge is 2.47. The molecule has 164 valence electrons. The van der Waals surface area contributed by atoms with Crippen molar-refractivity contribution < 1.29 is 14.5 Å². The van der Waals surface area contributed by atoms with Crippen LogP contribution in [0.4, 0.5) is 5.69 Å². The van der Waals surface area contributed by atoms with E-state index >= 15 is 0 Å². The SMILES string of the molecule is Cc1cc2c(c([N+](=O)[O-])c1)OC[C@@](Cc1ccc(Cl)cc1)(CN1CCC[C@H](C)C1)C2=O. The molecule has 31 heavy (non-hydrogen) atoms. The second-order valence-electron chi connectivity index (χ2n) is 9.10. The molecule has 2 aromatic carbocycles. The summed E-state index contributed by atoms with van der Waals surface area (Å²) in [4.78, 5) is 27.4. The zero-order chi connectivity index (χ0) is 22.2. The van der Waals surface area contributed by atoms with E-state index in [0.29, 0.717) is 35.0 Å². The van der Waals surface area contributed by atoms with E-state index in [9.17, 15) is 14.9 Å². The van der Waals surface area contributed by atoms with E-state index in [-0.39, 0.29) is 23.8 Å². The summed E-state index contributed by atoms with van der Waals surface area (Å²) < 4.78 is 6.01. The summed E-state index contributed by atoms with van der Waals surface area (Å²) in [6, 6.07) is 10.7. The molecule has 1 saturated heterocycles. The van der Waals surface area contributed by atoms with Gasteiger partial charge in [0.05, 0.1) is 15.9 Å². The number of carbonyl (C=O) groups is 1. The number of hydrogen-bond acceptors (Lipinski definition) is 5. The molecule has 0 N–H and O–H groups in total. The number of likely N-dealkylation sites (tertiary alicyclic amines) is 1. The third-order valence-corrected chi connectivity index (χ3v) is 6.60. The summed E-state index contributed by atoms with van der Waals surface area (Å²) in [5, 5.41) is 12.2. The minimum atomic E-state index is -0.806. The van der Waals surface area contributed by atoms with Crippen molar-refractivity contribution >= 4 is 23.1 Å². The first-order chi connectivity index (χ1) is 14.8. The Morgan fingerprint density at radius 1 is 1.29 bits per heavy atom. The molecule has 0 bridgehead atoms. The average molecular weight is 443 g/mol. The first-order valence-corrected chi connectivity index (χ1v) is 11.1. The monoisotopic (exact) mass is 442 g/mol. The van der Waals surface area contributed by atoms with Crippen LogP contribution < -0.4 is 4.74 Å². The van der Waals surface area contributed by atoms with Gasteiger partial charge < -0.3 is 9.64 Å². The molecule has 0 amide bonds. The molecular formula is C24H27ClN2O4. The lowest BCUT2D eigenvalue weighted by molar-refractivity contribution is -0.386. The summed E-state index contributed by atoms with van der Waals surface area (Å²) in [6.45, 7) is 6.58. The summed E-state index contributed by atoms with van der Waals surface area (Å²) in [5.74, 6) is 0.602. The van der Waals surface area contributed by atoms with Crippen LogP contribution in [-0.2, 0) is 6.42 Å². The number of nitro benzene ring substituents is 1. The fourth-order valence-electron chi connectivity index (χ4n) is 4.93. The van der Waals surface area contributed by atoms with Gasteiger partial charge in [-0.05, 0) is 68.0 Å². The minimum absolute atomic E-state index is 0.0753. The van der Waals surface area contributed by atoms with Crippen LogP contribution in [0.15, 0.2) is 36.4 Å². The number of fused-ring (bicyclic) bond motifs is 1. The number of ketones is 1. The van der Waals surface area contributed by atoms with E-state index in [1.165, 1.54) is 12.5 Å². The van der Waals surface area contributed by atoms with Crippen LogP contribution in [-0.4, -0.2) is 41.8 Å². The Kier molecular flexibility index (Phi) is 6.04. The highest BCUT2D eigenvalue weighted by atomic mass is 35.5. The number of aryl methyl sites for hydroxylation is 1. The van der Waals surface area contributed by atoms with Gasteiger partial charge in [0.25, 0.3) is 0 Å². The number of piperidine rings is 1. The van der Waals surface area contributed by atoms with Gasteiger partial charge in [-0.2, -0.15) is 0 Å². The summed E-state index contributed by atoms with van der Waals surface area (Å²) >= 11 is 6.06. The first kappa shape index (κ1) is 21.8. The number of Topliss-reactive ketones (excluding diaryl/α,β-unsaturated/α-hetero) is 1. The molecule has 0 saturated carbocycles. The van der Waals surface area contributed by atoms with Gasteiger partial charge in [-0.15, -0.1) is 0 Å². The van der Waals surface area contributed by atoms with Gasteiger partial charge in [-0.25, -0.2) is 0 Å². The van der Waals surface area contributed by atoms with E-state index in [4.69, 9.17) is 16.3 Å². The van der Waals surface area contributed by atoms with Crippen LogP contribution in [0.2, 0.25) is 5.02 Å². The van der Waals surface area contributed by atoms with Crippen molar-refractivity contribution in [2.75, 3.05) is 26.2 Å². The lowest BCUT2D eigenvalue weighted by atomic mass is 9.73. The lowest BCUT2D eigenvalue weighted by Gasteiger charge is -2.42. The van der Waals surface area contributed by atoms with Crippen molar-refractivity contribution in [3.8, 4) is 5.75 Å². The van der Waals surface area contributed by atoms with Crippen LogP contribution >= 0.6 is 11.6 Å². The fraction of sp³-hybridized carbons (Fsp3) is 0.458. The Balaban J connectivity index is 1.74. The zero-order valence-corrected chi connectivity index (χ0v) is 18.7. The fourth-order valence-corrected chi connectivity index (χ4v) is 5.05.